The van der Waals surface area contributed by atoms with Crippen LogP contribution in [0.3, 0.4) is 0 Å². The minimum atomic E-state index is 0. The Balaban J connectivity index is 0.00000320. The highest BCUT2D eigenvalue weighted by Crippen LogP contribution is 2.22. The van der Waals surface area contributed by atoms with Gasteiger partial charge in [-0.2, -0.15) is 5.26 Å². The van der Waals surface area contributed by atoms with Crippen molar-refractivity contribution in [3.63, 3.8) is 0 Å². The van der Waals surface area contributed by atoms with Crippen molar-refractivity contribution in [1.82, 2.24) is 10.6 Å². The van der Waals surface area contributed by atoms with Gasteiger partial charge in [-0.25, -0.2) is 0 Å². The van der Waals surface area contributed by atoms with Crippen molar-refractivity contribution < 1.29 is 9.47 Å². The molecule has 2 aromatic carbocycles. The summed E-state index contributed by atoms with van der Waals surface area (Å²) in [5, 5.41) is 15.5. The molecule has 1 aliphatic rings. The first kappa shape index (κ1) is 24.0. The van der Waals surface area contributed by atoms with Crippen LogP contribution in [0, 0.1) is 18.3 Å². The summed E-state index contributed by atoms with van der Waals surface area (Å²) in [6.07, 6.45) is 2.36. The van der Waals surface area contributed by atoms with Crippen LogP contribution in [0.25, 0.3) is 0 Å². The molecule has 7 heteroatoms. The molecule has 0 saturated carbocycles. The van der Waals surface area contributed by atoms with E-state index in [1.165, 1.54) is 5.56 Å². The predicted molar refractivity (Wildman–Crippen MR) is 129 cm³/mol. The summed E-state index contributed by atoms with van der Waals surface area (Å²) < 4.78 is 11.7. The van der Waals surface area contributed by atoms with Gasteiger partial charge in [-0.15, -0.1) is 24.0 Å². The number of halogens is 1. The van der Waals surface area contributed by atoms with Crippen LogP contribution in [0.5, 0.6) is 5.75 Å². The lowest BCUT2D eigenvalue weighted by Gasteiger charge is -2.17. The molecule has 1 unspecified atom stereocenters. The number of rotatable bonds is 7. The smallest absolute Gasteiger partial charge is 0.191 e. The van der Waals surface area contributed by atoms with Crippen molar-refractivity contribution >= 4 is 29.9 Å². The maximum atomic E-state index is 8.89. The Morgan fingerprint density at radius 2 is 1.97 bits per heavy atom. The van der Waals surface area contributed by atoms with E-state index in [-0.39, 0.29) is 30.1 Å². The first-order valence-electron chi connectivity index (χ1n) is 9.95. The summed E-state index contributed by atoms with van der Waals surface area (Å²) in [5.41, 5.74) is 3.99. The molecule has 1 saturated heterocycles. The monoisotopic (exact) mass is 520 g/mol. The summed E-state index contributed by atoms with van der Waals surface area (Å²) >= 11 is 0. The van der Waals surface area contributed by atoms with Gasteiger partial charge in [0.2, 0.25) is 0 Å². The lowest BCUT2D eigenvalue weighted by Crippen LogP contribution is -2.36. The number of aliphatic imine (C=N–C) groups is 1. The minimum Gasteiger partial charge on any atom is -0.491 e. The molecular weight excluding hydrogens is 491 g/mol. The van der Waals surface area contributed by atoms with Gasteiger partial charge in [0.15, 0.2) is 5.96 Å². The Hall–Kier alpha value is -2.31. The van der Waals surface area contributed by atoms with E-state index >= 15 is 0 Å². The second kappa shape index (κ2) is 12.4. The lowest BCUT2D eigenvalue weighted by molar-refractivity contribution is 0.0676. The summed E-state index contributed by atoms with van der Waals surface area (Å²) in [5.74, 6) is 1.59. The van der Waals surface area contributed by atoms with Gasteiger partial charge in [-0.3, -0.25) is 4.99 Å². The van der Waals surface area contributed by atoms with E-state index in [9.17, 15) is 0 Å². The summed E-state index contributed by atoms with van der Waals surface area (Å²) in [7, 11) is 1.75. The molecule has 2 N–H and O–H groups in total. The molecule has 1 aliphatic heterocycles. The summed E-state index contributed by atoms with van der Waals surface area (Å²) in [6, 6.07) is 15.9. The SMILES string of the molecule is CN=C(NCc1ccc(C#N)cc1)NCc1ccc(C)cc1OCC1CCCO1.I. The number of benzene rings is 2. The Kier molecular flexibility index (Phi) is 9.91. The molecule has 30 heavy (non-hydrogen) atoms. The number of hydrogen-bond acceptors (Lipinski definition) is 4. The van der Waals surface area contributed by atoms with Crippen LogP contribution >= 0.6 is 24.0 Å². The van der Waals surface area contributed by atoms with Crippen molar-refractivity contribution in [1.29, 1.82) is 5.26 Å². The first-order chi connectivity index (χ1) is 14.2. The third-order valence-electron chi connectivity index (χ3n) is 4.88. The summed E-state index contributed by atoms with van der Waals surface area (Å²) in [6.45, 7) is 4.71. The fourth-order valence-corrected chi connectivity index (χ4v) is 3.18. The maximum absolute atomic E-state index is 8.89. The molecule has 2 aromatic rings. The molecule has 0 spiro atoms. The largest absolute Gasteiger partial charge is 0.491 e. The van der Waals surface area contributed by atoms with E-state index in [0.29, 0.717) is 31.2 Å². The second-order valence-corrected chi connectivity index (χ2v) is 7.15. The van der Waals surface area contributed by atoms with Gasteiger partial charge < -0.3 is 20.1 Å². The standard InChI is InChI=1S/C23H28N4O2.HI/c1-17-5-10-20(22(12-17)29-16-21-4-3-11-28-21)15-27-23(25-2)26-14-19-8-6-18(13-24)7-9-19;/h5-10,12,21H,3-4,11,14-16H2,1-2H3,(H2,25,26,27);1H. The van der Waals surface area contributed by atoms with Gasteiger partial charge >= 0.3 is 0 Å². The topological polar surface area (TPSA) is 78.7 Å². The fraction of sp³-hybridized carbons (Fsp3) is 0.391. The quantitative estimate of drug-likeness (QED) is 0.329. The zero-order valence-corrected chi connectivity index (χ0v) is 19.8. The first-order valence-corrected chi connectivity index (χ1v) is 9.95. The normalized spacial score (nSPS) is 15.8. The molecule has 0 bridgehead atoms. The molecule has 0 amide bonds. The van der Waals surface area contributed by atoms with Crippen molar-refractivity contribution in [2.24, 2.45) is 4.99 Å². The van der Waals surface area contributed by atoms with Crippen LogP contribution in [-0.2, 0) is 17.8 Å². The Labute approximate surface area is 195 Å². The Bertz CT molecular complexity index is 872. The molecule has 0 aliphatic carbocycles. The van der Waals surface area contributed by atoms with Gasteiger partial charge in [0.25, 0.3) is 0 Å². The highest BCUT2D eigenvalue weighted by molar-refractivity contribution is 14.0. The van der Waals surface area contributed by atoms with E-state index < -0.39 is 0 Å². The molecule has 1 fully saturated rings. The van der Waals surface area contributed by atoms with Gasteiger partial charge in [-0.05, 0) is 49.1 Å². The average molecular weight is 520 g/mol. The average Bonchev–Trinajstić information content (AvgIpc) is 3.27. The van der Waals surface area contributed by atoms with Gasteiger partial charge in [0.1, 0.15) is 12.4 Å². The molecule has 0 radical (unpaired) electrons. The number of nitrogens with one attached hydrogen (secondary N) is 2. The predicted octanol–water partition coefficient (Wildman–Crippen LogP) is 3.91. The highest BCUT2D eigenvalue weighted by Gasteiger charge is 2.17. The van der Waals surface area contributed by atoms with E-state index in [1.807, 2.05) is 24.3 Å². The van der Waals surface area contributed by atoms with E-state index in [2.05, 4.69) is 46.8 Å². The number of guanidine groups is 1. The molecule has 0 aromatic heterocycles. The second-order valence-electron chi connectivity index (χ2n) is 7.15. The molecule has 160 valence electrons. The van der Waals surface area contributed by atoms with Crippen molar-refractivity contribution in [3.8, 4) is 11.8 Å². The Morgan fingerprint density at radius 1 is 1.20 bits per heavy atom. The number of nitrogens with zero attached hydrogens (tertiary/aromatic N) is 2. The molecule has 6 nitrogen and oxygen atoms in total. The lowest BCUT2D eigenvalue weighted by atomic mass is 10.1. The molecule has 1 atom stereocenters. The number of hydrogen-bond donors (Lipinski definition) is 2. The van der Waals surface area contributed by atoms with Crippen LogP contribution < -0.4 is 15.4 Å². The van der Waals surface area contributed by atoms with Crippen LogP contribution in [0.4, 0.5) is 0 Å². The summed E-state index contributed by atoms with van der Waals surface area (Å²) in [4.78, 5) is 4.29. The maximum Gasteiger partial charge on any atom is 0.191 e. The van der Waals surface area contributed by atoms with Crippen molar-refractivity contribution in [2.75, 3.05) is 20.3 Å². The zero-order chi connectivity index (χ0) is 20.5. The van der Waals surface area contributed by atoms with E-state index in [0.717, 1.165) is 36.3 Å². The number of ether oxygens (including phenoxy) is 2. The van der Waals surface area contributed by atoms with E-state index in [1.54, 1.807) is 7.05 Å². The van der Waals surface area contributed by atoms with Gasteiger partial charge in [-0.1, -0.05) is 24.3 Å². The van der Waals surface area contributed by atoms with Crippen molar-refractivity contribution in [2.45, 2.75) is 39.0 Å². The molecule has 1 heterocycles. The molecular formula is C23H29IN4O2. The van der Waals surface area contributed by atoms with E-state index in [4.69, 9.17) is 14.7 Å². The highest BCUT2D eigenvalue weighted by atomic mass is 127. The van der Waals surface area contributed by atoms with Gasteiger partial charge in [0.05, 0.1) is 17.7 Å². The van der Waals surface area contributed by atoms with Crippen LogP contribution in [0.1, 0.15) is 35.1 Å². The zero-order valence-electron chi connectivity index (χ0n) is 17.5. The van der Waals surface area contributed by atoms with Crippen LogP contribution in [0.15, 0.2) is 47.5 Å². The number of nitriles is 1. The number of aryl methyl sites for hydroxylation is 1. The van der Waals surface area contributed by atoms with Crippen LogP contribution in [0.2, 0.25) is 0 Å². The third kappa shape index (κ3) is 7.18. The fourth-order valence-electron chi connectivity index (χ4n) is 3.18. The van der Waals surface area contributed by atoms with Crippen LogP contribution in [-0.4, -0.2) is 32.3 Å². The molecule has 3 rings (SSSR count). The van der Waals surface area contributed by atoms with Crippen molar-refractivity contribution in [3.05, 3.63) is 64.7 Å². The Morgan fingerprint density at radius 3 is 2.63 bits per heavy atom. The third-order valence-corrected chi connectivity index (χ3v) is 4.88. The van der Waals surface area contributed by atoms with Gasteiger partial charge in [0, 0.05) is 32.3 Å². The minimum absolute atomic E-state index is 0.